The van der Waals surface area contributed by atoms with E-state index in [1.807, 2.05) is 26.0 Å². The first-order valence-corrected chi connectivity index (χ1v) is 11.7. The fraction of sp³-hybridized carbons (Fsp3) is 0.407. The molecule has 4 rings (SSSR count). The Hall–Kier alpha value is -3.55. The average molecular weight is 480 g/mol. The van der Waals surface area contributed by atoms with Crippen LogP contribution in [0.25, 0.3) is 0 Å². The van der Waals surface area contributed by atoms with Crippen LogP contribution >= 0.6 is 0 Å². The molecule has 35 heavy (non-hydrogen) atoms. The molecule has 1 unspecified atom stereocenters. The molecule has 8 heteroatoms. The number of aromatic nitrogens is 2. The van der Waals surface area contributed by atoms with E-state index in [0.717, 1.165) is 11.1 Å². The molecule has 0 saturated carbocycles. The smallest absolute Gasteiger partial charge is 0.226 e. The highest BCUT2D eigenvalue weighted by atomic mass is 19.1. The highest BCUT2D eigenvalue weighted by Gasteiger charge is 2.36. The monoisotopic (exact) mass is 479 g/mol. The SMILES string of the molecule is CCC(=O)N1CCc2cc(OC)ccc2C1C(=O)Cc1ccc(C(C)(C)c2nnc(C)o2)c(F)c1. The van der Waals surface area contributed by atoms with Crippen molar-refractivity contribution in [2.45, 2.75) is 58.4 Å². The summed E-state index contributed by atoms with van der Waals surface area (Å²) in [4.78, 5) is 27.9. The van der Waals surface area contributed by atoms with E-state index < -0.39 is 17.3 Å². The van der Waals surface area contributed by atoms with Gasteiger partial charge in [0.1, 0.15) is 17.6 Å². The number of carbonyl (C=O) groups excluding carboxylic acids is 2. The molecule has 0 radical (unpaired) electrons. The normalized spacial score (nSPS) is 15.6. The number of benzene rings is 2. The molecule has 1 aliphatic heterocycles. The number of methoxy groups -OCH3 is 1. The van der Waals surface area contributed by atoms with Crippen molar-refractivity contribution >= 4 is 11.7 Å². The van der Waals surface area contributed by atoms with Crippen LogP contribution in [0.4, 0.5) is 4.39 Å². The number of fused-ring (bicyclic) bond motifs is 1. The van der Waals surface area contributed by atoms with Crippen molar-refractivity contribution in [1.82, 2.24) is 15.1 Å². The molecule has 2 aromatic carbocycles. The molecule has 1 amide bonds. The maximum Gasteiger partial charge on any atom is 0.226 e. The first-order valence-electron chi connectivity index (χ1n) is 11.7. The van der Waals surface area contributed by atoms with Gasteiger partial charge in [-0.05, 0) is 55.2 Å². The van der Waals surface area contributed by atoms with E-state index in [0.29, 0.717) is 48.0 Å². The molecule has 184 valence electrons. The first-order chi connectivity index (χ1) is 16.6. The lowest BCUT2D eigenvalue weighted by Crippen LogP contribution is -2.43. The van der Waals surface area contributed by atoms with Crippen molar-refractivity contribution in [2.24, 2.45) is 0 Å². The number of hydrogen-bond donors (Lipinski definition) is 0. The van der Waals surface area contributed by atoms with Gasteiger partial charge in [0.05, 0.1) is 12.5 Å². The average Bonchev–Trinajstić information content (AvgIpc) is 3.29. The summed E-state index contributed by atoms with van der Waals surface area (Å²) in [7, 11) is 1.60. The lowest BCUT2D eigenvalue weighted by molar-refractivity contribution is -0.140. The van der Waals surface area contributed by atoms with E-state index in [4.69, 9.17) is 9.15 Å². The van der Waals surface area contributed by atoms with Crippen LogP contribution in [0.1, 0.15) is 67.3 Å². The Labute approximate surface area is 204 Å². The van der Waals surface area contributed by atoms with E-state index in [9.17, 15) is 9.59 Å². The maximum atomic E-state index is 15.2. The second-order valence-electron chi connectivity index (χ2n) is 9.37. The number of aryl methyl sites for hydroxylation is 1. The number of rotatable bonds is 7. The van der Waals surface area contributed by atoms with E-state index in [1.54, 1.807) is 44.1 Å². The second-order valence-corrected chi connectivity index (χ2v) is 9.37. The van der Waals surface area contributed by atoms with Crippen molar-refractivity contribution in [3.8, 4) is 5.75 Å². The van der Waals surface area contributed by atoms with Crippen molar-refractivity contribution in [2.75, 3.05) is 13.7 Å². The molecule has 0 aliphatic carbocycles. The summed E-state index contributed by atoms with van der Waals surface area (Å²) in [6.07, 6.45) is 0.958. The number of carbonyl (C=O) groups is 2. The third-order valence-electron chi connectivity index (χ3n) is 6.65. The fourth-order valence-corrected chi connectivity index (χ4v) is 4.69. The Morgan fingerprint density at radius 1 is 1.20 bits per heavy atom. The van der Waals surface area contributed by atoms with Gasteiger partial charge < -0.3 is 14.1 Å². The topological polar surface area (TPSA) is 85.5 Å². The summed E-state index contributed by atoms with van der Waals surface area (Å²) in [5.41, 5.74) is 1.89. The number of hydrogen-bond acceptors (Lipinski definition) is 6. The van der Waals surface area contributed by atoms with Crippen molar-refractivity contribution in [3.05, 3.63) is 76.3 Å². The molecule has 3 aromatic rings. The Morgan fingerprint density at radius 2 is 1.97 bits per heavy atom. The number of halogens is 1. The number of Topliss-reactive ketones (excluding diaryl/α,β-unsaturated/α-hetero) is 1. The van der Waals surface area contributed by atoms with E-state index in [-0.39, 0.29) is 18.1 Å². The number of ether oxygens (including phenoxy) is 1. The summed E-state index contributed by atoms with van der Waals surface area (Å²) in [5, 5.41) is 7.90. The summed E-state index contributed by atoms with van der Waals surface area (Å²) in [6, 6.07) is 9.63. The number of nitrogens with zero attached hydrogens (tertiary/aromatic N) is 3. The van der Waals surface area contributed by atoms with Gasteiger partial charge in [-0.15, -0.1) is 10.2 Å². The van der Waals surface area contributed by atoms with Gasteiger partial charge in [-0.2, -0.15) is 0 Å². The third-order valence-corrected chi connectivity index (χ3v) is 6.65. The Balaban J connectivity index is 1.63. The molecule has 0 N–H and O–H groups in total. The van der Waals surface area contributed by atoms with Gasteiger partial charge in [0.15, 0.2) is 5.78 Å². The third kappa shape index (κ3) is 4.70. The predicted octanol–water partition coefficient (Wildman–Crippen LogP) is 4.50. The summed E-state index contributed by atoms with van der Waals surface area (Å²) < 4.78 is 26.1. The molecule has 0 spiro atoms. The van der Waals surface area contributed by atoms with Gasteiger partial charge in [0.25, 0.3) is 0 Å². The van der Waals surface area contributed by atoms with Crippen LogP contribution in [-0.2, 0) is 27.8 Å². The minimum atomic E-state index is -0.834. The molecule has 0 saturated heterocycles. The van der Waals surface area contributed by atoms with Crippen LogP contribution in [0.15, 0.2) is 40.8 Å². The van der Waals surface area contributed by atoms with Crippen molar-refractivity contribution in [1.29, 1.82) is 0 Å². The van der Waals surface area contributed by atoms with E-state index >= 15 is 4.39 Å². The lowest BCUT2D eigenvalue weighted by Gasteiger charge is -2.36. The molecule has 1 atom stereocenters. The molecular formula is C27H30FN3O4. The van der Waals surface area contributed by atoms with Crippen LogP contribution < -0.4 is 4.74 Å². The summed E-state index contributed by atoms with van der Waals surface area (Å²) >= 11 is 0. The van der Waals surface area contributed by atoms with Gasteiger partial charge in [0, 0.05) is 31.9 Å². The lowest BCUT2D eigenvalue weighted by atomic mass is 9.83. The molecule has 1 aliphatic rings. The van der Waals surface area contributed by atoms with Crippen molar-refractivity contribution in [3.63, 3.8) is 0 Å². The van der Waals surface area contributed by atoms with Gasteiger partial charge in [-0.25, -0.2) is 4.39 Å². The standard InChI is InChI=1S/C27H30FN3O4/c1-6-24(33)31-12-11-18-15-19(34-5)8-9-20(18)25(31)23(32)14-17-7-10-21(22(28)13-17)27(3,4)26-30-29-16(2)35-26/h7-10,13,15,25H,6,11-12,14H2,1-5H3. The van der Waals surface area contributed by atoms with Gasteiger partial charge in [-0.3, -0.25) is 9.59 Å². The largest absolute Gasteiger partial charge is 0.497 e. The zero-order valence-electron chi connectivity index (χ0n) is 20.7. The molecule has 7 nitrogen and oxygen atoms in total. The molecule has 2 heterocycles. The second kappa shape index (κ2) is 9.60. The van der Waals surface area contributed by atoms with Crippen LogP contribution in [0, 0.1) is 12.7 Å². The maximum absolute atomic E-state index is 15.2. The van der Waals surface area contributed by atoms with Gasteiger partial charge >= 0.3 is 0 Å². The number of amides is 1. The molecule has 0 fully saturated rings. The minimum absolute atomic E-state index is 0.000917. The predicted molar refractivity (Wildman–Crippen MR) is 128 cm³/mol. The quantitative estimate of drug-likeness (QED) is 0.496. The fourth-order valence-electron chi connectivity index (χ4n) is 4.69. The molecule has 1 aromatic heterocycles. The Bertz CT molecular complexity index is 1270. The van der Waals surface area contributed by atoms with Crippen LogP contribution in [-0.4, -0.2) is 40.4 Å². The summed E-state index contributed by atoms with van der Waals surface area (Å²) in [5.74, 6) is 0.751. The van der Waals surface area contributed by atoms with Crippen LogP contribution in [0.3, 0.4) is 0 Å². The van der Waals surface area contributed by atoms with Gasteiger partial charge in [-0.1, -0.05) is 25.1 Å². The molecular weight excluding hydrogens is 449 g/mol. The Kier molecular flexibility index (Phi) is 6.74. The van der Waals surface area contributed by atoms with Crippen molar-refractivity contribution < 1.29 is 23.1 Å². The zero-order valence-corrected chi connectivity index (χ0v) is 20.7. The highest BCUT2D eigenvalue weighted by molar-refractivity contribution is 5.92. The van der Waals surface area contributed by atoms with Gasteiger partial charge in [0.2, 0.25) is 17.7 Å². The first kappa shape index (κ1) is 24.6. The highest BCUT2D eigenvalue weighted by Crippen LogP contribution is 2.35. The summed E-state index contributed by atoms with van der Waals surface area (Å²) in [6.45, 7) is 7.54. The zero-order chi connectivity index (χ0) is 25.3. The van der Waals surface area contributed by atoms with Crippen LogP contribution in [0.5, 0.6) is 5.75 Å². The molecule has 0 bridgehead atoms. The van der Waals surface area contributed by atoms with E-state index in [2.05, 4.69) is 10.2 Å². The Morgan fingerprint density at radius 3 is 2.60 bits per heavy atom. The van der Waals surface area contributed by atoms with E-state index in [1.165, 1.54) is 6.07 Å². The minimum Gasteiger partial charge on any atom is -0.497 e. The number of ketones is 1. The van der Waals surface area contributed by atoms with Crippen LogP contribution in [0.2, 0.25) is 0 Å².